The molecule has 4 nitrogen and oxygen atoms in total. The third-order valence-corrected chi connectivity index (χ3v) is 4.38. The molecule has 6 heteroatoms. The number of benzene rings is 1. The molecule has 1 fully saturated rings. The molecule has 0 amide bonds. The molecular weight excluding hydrogens is 330 g/mol. The maximum atomic E-state index is 8.68. The molecule has 0 saturated carbocycles. The van der Waals surface area contributed by atoms with Gasteiger partial charge in [0.05, 0.1) is 0 Å². The van der Waals surface area contributed by atoms with Crippen molar-refractivity contribution in [3.05, 3.63) is 33.3 Å². The average Bonchev–Trinajstić information content (AvgIpc) is 2.42. The highest BCUT2D eigenvalue weighted by atomic mass is 79.9. The predicted molar refractivity (Wildman–Crippen MR) is 80.6 cm³/mol. The Morgan fingerprint density at radius 2 is 2.16 bits per heavy atom. The highest BCUT2D eigenvalue weighted by Crippen LogP contribution is 2.25. The smallest absolute Gasteiger partial charge is 0.142 e. The molecule has 1 heterocycles. The van der Waals surface area contributed by atoms with Crippen molar-refractivity contribution in [1.29, 1.82) is 0 Å². The first kappa shape index (κ1) is 14.6. The zero-order valence-corrected chi connectivity index (χ0v) is 12.9. The van der Waals surface area contributed by atoms with Gasteiger partial charge in [-0.05, 0) is 43.6 Å². The summed E-state index contributed by atoms with van der Waals surface area (Å²) in [6.45, 7) is 2.72. The van der Waals surface area contributed by atoms with Crippen molar-refractivity contribution in [3.63, 3.8) is 0 Å². The Bertz CT molecular complexity index is 473. The molecule has 0 radical (unpaired) electrons. The largest absolute Gasteiger partial charge is 0.409 e. The standard InChI is InChI=1S/C13H17BrClN3O/c14-11-2-1-10(12(15)7-11)8-18-5-3-9(4-6-18)13(16)17-19/h1-2,7,9,19H,3-6,8H2,(H2,16,17). The van der Waals surface area contributed by atoms with Gasteiger partial charge in [-0.25, -0.2) is 0 Å². The van der Waals surface area contributed by atoms with E-state index in [1.165, 1.54) is 0 Å². The number of oxime groups is 1. The summed E-state index contributed by atoms with van der Waals surface area (Å²) in [6, 6.07) is 5.96. The lowest BCUT2D eigenvalue weighted by atomic mass is 9.95. The Morgan fingerprint density at radius 3 is 2.74 bits per heavy atom. The summed E-state index contributed by atoms with van der Waals surface area (Å²) in [4.78, 5) is 2.34. The van der Waals surface area contributed by atoms with E-state index in [2.05, 4.69) is 26.0 Å². The number of amidine groups is 1. The van der Waals surface area contributed by atoms with Gasteiger partial charge in [-0.15, -0.1) is 0 Å². The molecule has 104 valence electrons. The van der Waals surface area contributed by atoms with E-state index in [-0.39, 0.29) is 5.92 Å². The zero-order chi connectivity index (χ0) is 13.8. The van der Waals surface area contributed by atoms with E-state index in [1.54, 1.807) is 0 Å². The van der Waals surface area contributed by atoms with Gasteiger partial charge in [0, 0.05) is 22.0 Å². The first-order chi connectivity index (χ1) is 9.10. The van der Waals surface area contributed by atoms with Crippen LogP contribution in [-0.4, -0.2) is 29.0 Å². The van der Waals surface area contributed by atoms with Crippen LogP contribution in [0.1, 0.15) is 18.4 Å². The van der Waals surface area contributed by atoms with E-state index in [0.717, 1.165) is 47.5 Å². The summed E-state index contributed by atoms with van der Waals surface area (Å²) in [6.07, 6.45) is 1.84. The van der Waals surface area contributed by atoms with E-state index in [0.29, 0.717) is 5.84 Å². The first-order valence-corrected chi connectivity index (χ1v) is 7.41. The van der Waals surface area contributed by atoms with E-state index >= 15 is 0 Å². The number of hydrogen-bond donors (Lipinski definition) is 2. The normalized spacial score (nSPS) is 18.7. The SMILES string of the molecule is N/C(=N/O)C1CCN(Cc2ccc(Br)cc2Cl)CC1. The quantitative estimate of drug-likeness (QED) is 0.383. The Morgan fingerprint density at radius 1 is 1.47 bits per heavy atom. The summed E-state index contributed by atoms with van der Waals surface area (Å²) in [5.41, 5.74) is 6.77. The maximum absolute atomic E-state index is 8.68. The molecule has 1 aromatic rings. The van der Waals surface area contributed by atoms with Gasteiger partial charge in [0.2, 0.25) is 0 Å². The monoisotopic (exact) mass is 345 g/mol. The van der Waals surface area contributed by atoms with Gasteiger partial charge >= 0.3 is 0 Å². The van der Waals surface area contributed by atoms with Gasteiger partial charge in [-0.2, -0.15) is 0 Å². The summed E-state index contributed by atoms with van der Waals surface area (Å²) >= 11 is 9.63. The van der Waals surface area contributed by atoms with Gasteiger partial charge in [0.15, 0.2) is 0 Å². The lowest BCUT2D eigenvalue weighted by molar-refractivity contribution is 0.198. The number of hydrogen-bond acceptors (Lipinski definition) is 3. The second kappa shape index (κ2) is 6.59. The second-order valence-electron chi connectivity index (χ2n) is 4.81. The number of rotatable bonds is 3. The molecule has 1 aliphatic rings. The van der Waals surface area contributed by atoms with Crippen LogP contribution >= 0.6 is 27.5 Å². The van der Waals surface area contributed by atoms with Crippen LogP contribution in [0.15, 0.2) is 27.8 Å². The van der Waals surface area contributed by atoms with Crippen molar-refractivity contribution in [2.45, 2.75) is 19.4 Å². The fraction of sp³-hybridized carbons (Fsp3) is 0.462. The third kappa shape index (κ3) is 3.84. The van der Waals surface area contributed by atoms with Crippen LogP contribution in [0.3, 0.4) is 0 Å². The molecule has 0 unspecified atom stereocenters. The minimum absolute atomic E-state index is 0.196. The number of nitrogens with zero attached hydrogens (tertiary/aromatic N) is 2. The summed E-state index contributed by atoms with van der Waals surface area (Å²) < 4.78 is 0.992. The third-order valence-electron chi connectivity index (χ3n) is 3.53. The van der Waals surface area contributed by atoms with E-state index in [4.69, 9.17) is 22.5 Å². The molecule has 0 aromatic heterocycles. The molecule has 0 bridgehead atoms. The molecule has 0 aliphatic carbocycles. The second-order valence-corrected chi connectivity index (χ2v) is 6.13. The lowest BCUT2D eigenvalue weighted by Crippen LogP contribution is -2.38. The van der Waals surface area contributed by atoms with Crippen molar-refractivity contribution in [3.8, 4) is 0 Å². The maximum Gasteiger partial charge on any atom is 0.142 e. The Balaban J connectivity index is 1.92. The van der Waals surface area contributed by atoms with Gasteiger partial charge < -0.3 is 10.9 Å². The Labute approximate surface area is 126 Å². The molecule has 1 aromatic carbocycles. The van der Waals surface area contributed by atoms with Gasteiger partial charge in [0.25, 0.3) is 0 Å². The first-order valence-electron chi connectivity index (χ1n) is 6.24. The van der Waals surface area contributed by atoms with Crippen LogP contribution in [0, 0.1) is 5.92 Å². The highest BCUT2D eigenvalue weighted by molar-refractivity contribution is 9.10. The Hall–Kier alpha value is -0.780. The van der Waals surface area contributed by atoms with Crippen molar-refractivity contribution in [1.82, 2.24) is 4.90 Å². The zero-order valence-electron chi connectivity index (χ0n) is 10.5. The Kier molecular flexibility index (Phi) is 5.07. The minimum atomic E-state index is 0.196. The fourth-order valence-electron chi connectivity index (χ4n) is 2.36. The fourth-order valence-corrected chi connectivity index (χ4v) is 3.09. The molecule has 3 N–H and O–H groups in total. The molecule has 19 heavy (non-hydrogen) atoms. The number of halogens is 2. The van der Waals surface area contributed by atoms with Crippen molar-refractivity contribution in [2.75, 3.05) is 13.1 Å². The molecule has 1 aliphatic heterocycles. The van der Waals surface area contributed by atoms with Crippen LogP contribution in [0.2, 0.25) is 5.02 Å². The van der Waals surface area contributed by atoms with Crippen molar-refractivity contribution in [2.24, 2.45) is 16.8 Å². The lowest BCUT2D eigenvalue weighted by Gasteiger charge is -2.31. The summed E-state index contributed by atoms with van der Waals surface area (Å²) in [7, 11) is 0. The molecule has 1 saturated heterocycles. The highest BCUT2D eigenvalue weighted by Gasteiger charge is 2.22. The molecule has 0 spiro atoms. The van der Waals surface area contributed by atoms with Gasteiger partial charge in [-0.1, -0.05) is 38.8 Å². The summed E-state index contributed by atoms with van der Waals surface area (Å²) in [5.74, 6) is 0.544. The van der Waals surface area contributed by atoms with E-state index in [1.807, 2.05) is 18.2 Å². The van der Waals surface area contributed by atoms with Gasteiger partial charge in [0.1, 0.15) is 5.84 Å². The predicted octanol–water partition coefficient (Wildman–Crippen LogP) is 3.06. The number of likely N-dealkylation sites (tertiary alicyclic amines) is 1. The van der Waals surface area contributed by atoms with Crippen LogP contribution in [0.25, 0.3) is 0 Å². The molecule has 0 atom stereocenters. The molecular formula is C13H17BrClN3O. The van der Waals surface area contributed by atoms with Crippen LogP contribution in [0.5, 0.6) is 0 Å². The molecule has 2 rings (SSSR count). The summed E-state index contributed by atoms with van der Waals surface area (Å²) in [5, 5.41) is 12.6. The number of piperidine rings is 1. The van der Waals surface area contributed by atoms with Crippen molar-refractivity contribution < 1.29 is 5.21 Å². The van der Waals surface area contributed by atoms with Crippen molar-refractivity contribution >= 4 is 33.4 Å². The average molecular weight is 347 g/mol. The van der Waals surface area contributed by atoms with E-state index < -0.39 is 0 Å². The minimum Gasteiger partial charge on any atom is -0.409 e. The topological polar surface area (TPSA) is 61.9 Å². The van der Waals surface area contributed by atoms with Crippen LogP contribution < -0.4 is 5.73 Å². The van der Waals surface area contributed by atoms with Crippen LogP contribution in [0.4, 0.5) is 0 Å². The van der Waals surface area contributed by atoms with Crippen LogP contribution in [-0.2, 0) is 6.54 Å². The van der Waals surface area contributed by atoms with E-state index in [9.17, 15) is 0 Å². The van der Waals surface area contributed by atoms with Gasteiger partial charge in [-0.3, -0.25) is 4.90 Å². The number of nitrogens with two attached hydrogens (primary N) is 1.